The third-order valence-electron chi connectivity index (χ3n) is 4.74. The number of aromatic nitrogens is 3. The number of halogens is 1. The monoisotopic (exact) mass is 447 g/mol. The summed E-state index contributed by atoms with van der Waals surface area (Å²) in [6, 6.07) is 9.65. The van der Waals surface area contributed by atoms with E-state index in [4.69, 9.17) is 0 Å². The van der Waals surface area contributed by atoms with Gasteiger partial charge in [0.2, 0.25) is 10.0 Å². The normalized spacial score (nSPS) is 12.0. The number of sulfonamides is 1. The Morgan fingerprint density at radius 3 is 2.55 bits per heavy atom. The molecule has 166 valence electrons. The second-order valence-corrected chi connectivity index (χ2v) is 9.39. The van der Waals surface area contributed by atoms with Gasteiger partial charge >= 0.3 is 0 Å². The van der Waals surface area contributed by atoms with E-state index in [1.807, 2.05) is 32.0 Å². The Balaban J connectivity index is 1.99. The zero-order valence-corrected chi connectivity index (χ0v) is 18.7. The van der Waals surface area contributed by atoms with Gasteiger partial charge in [0.05, 0.1) is 11.6 Å². The van der Waals surface area contributed by atoms with Crippen LogP contribution in [0, 0.1) is 19.7 Å². The third-order valence-corrected chi connectivity index (χ3v) is 6.12. The van der Waals surface area contributed by atoms with Crippen molar-refractivity contribution in [2.45, 2.75) is 31.8 Å². The number of hydrogen-bond donors (Lipinski definition) is 2. The van der Waals surface area contributed by atoms with Crippen LogP contribution in [0.15, 0.2) is 41.3 Å². The Morgan fingerprint density at radius 2 is 1.90 bits per heavy atom. The SMILES string of the molecule is Cc1ccc(C)c(Cc2nc(CO)nn2-c2ccc(S(=O)(=O)NCN(C)C)cc2F)c1. The van der Waals surface area contributed by atoms with Crippen molar-refractivity contribution in [1.29, 1.82) is 0 Å². The van der Waals surface area contributed by atoms with E-state index in [1.165, 1.54) is 16.8 Å². The van der Waals surface area contributed by atoms with Crippen molar-refractivity contribution in [2.24, 2.45) is 0 Å². The van der Waals surface area contributed by atoms with Crippen LogP contribution >= 0.6 is 0 Å². The molecule has 1 aromatic heterocycles. The van der Waals surface area contributed by atoms with Gasteiger partial charge in [0, 0.05) is 6.42 Å². The van der Waals surface area contributed by atoms with Crippen molar-refractivity contribution in [1.82, 2.24) is 24.4 Å². The zero-order valence-electron chi connectivity index (χ0n) is 17.9. The van der Waals surface area contributed by atoms with Gasteiger partial charge in [0.25, 0.3) is 0 Å². The summed E-state index contributed by atoms with van der Waals surface area (Å²) in [6.07, 6.45) is 0.379. The van der Waals surface area contributed by atoms with Gasteiger partial charge in [-0.3, -0.25) is 4.90 Å². The van der Waals surface area contributed by atoms with Gasteiger partial charge in [0.1, 0.15) is 23.9 Å². The van der Waals surface area contributed by atoms with Crippen LogP contribution in [-0.4, -0.2) is 54.0 Å². The number of benzene rings is 2. The highest BCUT2D eigenvalue weighted by atomic mass is 32.2. The van der Waals surface area contributed by atoms with Crippen molar-refractivity contribution in [2.75, 3.05) is 20.8 Å². The number of aliphatic hydroxyl groups excluding tert-OH is 1. The molecule has 31 heavy (non-hydrogen) atoms. The van der Waals surface area contributed by atoms with E-state index in [2.05, 4.69) is 14.8 Å². The van der Waals surface area contributed by atoms with E-state index in [-0.39, 0.29) is 23.1 Å². The van der Waals surface area contributed by atoms with Crippen LogP contribution in [-0.2, 0) is 23.1 Å². The lowest BCUT2D eigenvalue weighted by Gasteiger charge is -2.13. The molecule has 0 aliphatic carbocycles. The summed E-state index contributed by atoms with van der Waals surface area (Å²) in [5.74, 6) is -0.161. The molecule has 0 saturated carbocycles. The van der Waals surface area contributed by atoms with Crippen LogP contribution in [0.2, 0.25) is 0 Å². The molecule has 8 nitrogen and oxygen atoms in total. The summed E-state index contributed by atoms with van der Waals surface area (Å²) in [7, 11) is -0.431. The first-order chi connectivity index (χ1) is 14.6. The fourth-order valence-electron chi connectivity index (χ4n) is 3.05. The maximum absolute atomic E-state index is 15.0. The number of rotatable bonds is 8. The van der Waals surface area contributed by atoms with Crippen molar-refractivity contribution < 1.29 is 17.9 Å². The molecule has 0 unspecified atom stereocenters. The highest BCUT2D eigenvalue weighted by Gasteiger charge is 2.20. The molecule has 0 bridgehead atoms. The molecule has 10 heteroatoms. The predicted molar refractivity (Wildman–Crippen MR) is 115 cm³/mol. The van der Waals surface area contributed by atoms with Crippen molar-refractivity contribution in [3.8, 4) is 5.69 Å². The van der Waals surface area contributed by atoms with E-state index in [0.29, 0.717) is 12.2 Å². The summed E-state index contributed by atoms with van der Waals surface area (Å²) in [6.45, 7) is 3.66. The van der Waals surface area contributed by atoms with Crippen LogP contribution in [0.25, 0.3) is 5.69 Å². The average molecular weight is 448 g/mol. The van der Waals surface area contributed by atoms with Gasteiger partial charge in [-0.1, -0.05) is 23.8 Å². The summed E-state index contributed by atoms with van der Waals surface area (Å²) in [5.41, 5.74) is 3.20. The second kappa shape index (κ2) is 9.23. The maximum Gasteiger partial charge on any atom is 0.241 e. The number of nitrogens with one attached hydrogen (secondary N) is 1. The third kappa shape index (κ3) is 5.34. The minimum atomic E-state index is -3.86. The Labute approximate surface area is 181 Å². The van der Waals surface area contributed by atoms with E-state index < -0.39 is 22.4 Å². The topological polar surface area (TPSA) is 100 Å². The highest BCUT2D eigenvalue weighted by Crippen LogP contribution is 2.22. The minimum absolute atomic E-state index is 0.0547. The molecule has 0 radical (unpaired) electrons. The molecule has 0 aliphatic heterocycles. The zero-order chi connectivity index (χ0) is 22.8. The number of aliphatic hydroxyl groups is 1. The fraction of sp³-hybridized carbons (Fsp3) is 0.333. The van der Waals surface area contributed by atoms with Crippen molar-refractivity contribution >= 4 is 10.0 Å². The first-order valence-electron chi connectivity index (χ1n) is 9.67. The van der Waals surface area contributed by atoms with E-state index in [9.17, 15) is 17.9 Å². The Kier molecular flexibility index (Phi) is 6.85. The van der Waals surface area contributed by atoms with Gasteiger partial charge in [-0.15, -0.1) is 5.10 Å². The molecule has 0 saturated heterocycles. The number of nitrogens with zero attached hydrogens (tertiary/aromatic N) is 4. The molecule has 2 aromatic carbocycles. The molecule has 2 N–H and O–H groups in total. The number of hydrogen-bond acceptors (Lipinski definition) is 6. The molecule has 3 rings (SSSR count). The maximum atomic E-state index is 15.0. The first kappa shape index (κ1) is 23.0. The molecular formula is C21H26FN5O3S. The van der Waals surface area contributed by atoms with Crippen molar-refractivity contribution in [3.05, 3.63) is 70.6 Å². The van der Waals surface area contributed by atoms with E-state index in [1.54, 1.807) is 19.0 Å². The second-order valence-electron chi connectivity index (χ2n) is 7.62. The van der Waals surface area contributed by atoms with Crippen LogP contribution in [0.5, 0.6) is 0 Å². The molecule has 0 atom stereocenters. The lowest BCUT2D eigenvalue weighted by Crippen LogP contribution is -2.33. The van der Waals surface area contributed by atoms with Crippen LogP contribution in [0.1, 0.15) is 28.3 Å². The largest absolute Gasteiger partial charge is 0.388 e. The quantitative estimate of drug-likeness (QED) is 0.512. The average Bonchev–Trinajstić information content (AvgIpc) is 3.12. The molecule has 0 aliphatic rings. The summed E-state index contributed by atoms with van der Waals surface area (Å²) < 4.78 is 43.5. The molecule has 1 heterocycles. The van der Waals surface area contributed by atoms with Crippen molar-refractivity contribution in [3.63, 3.8) is 0 Å². The lowest BCUT2D eigenvalue weighted by atomic mass is 10.0. The highest BCUT2D eigenvalue weighted by molar-refractivity contribution is 7.89. The molecule has 0 amide bonds. The smallest absolute Gasteiger partial charge is 0.241 e. The molecule has 0 fully saturated rings. The van der Waals surface area contributed by atoms with Gasteiger partial charge in [0.15, 0.2) is 5.82 Å². The molecule has 0 spiro atoms. The molecule has 3 aromatic rings. The van der Waals surface area contributed by atoms with Crippen LogP contribution in [0.3, 0.4) is 0 Å². The fourth-order valence-corrected chi connectivity index (χ4v) is 4.15. The van der Waals surface area contributed by atoms with Crippen LogP contribution in [0.4, 0.5) is 4.39 Å². The van der Waals surface area contributed by atoms with E-state index in [0.717, 1.165) is 22.8 Å². The lowest BCUT2D eigenvalue weighted by molar-refractivity contribution is 0.271. The van der Waals surface area contributed by atoms with Gasteiger partial charge in [-0.25, -0.2) is 22.5 Å². The van der Waals surface area contributed by atoms with Gasteiger partial charge in [-0.2, -0.15) is 4.72 Å². The first-order valence-corrected chi connectivity index (χ1v) is 11.1. The Morgan fingerprint density at radius 1 is 1.16 bits per heavy atom. The Bertz CT molecular complexity index is 1190. The predicted octanol–water partition coefficient (Wildman–Crippen LogP) is 1.90. The number of aryl methyl sites for hydroxylation is 2. The Hall–Kier alpha value is -2.66. The summed E-state index contributed by atoms with van der Waals surface area (Å²) in [4.78, 5) is 5.79. The minimum Gasteiger partial charge on any atom is -0.388 e. The van der Waals surface area contributed by atoms with Gasteiger partial charge in [-0.05, 0) is 57.3 Å². The summed E-state index contributed by atoms with van der Waals surface area (Å²) in [5, 5.41) is 13.7. The standard InChI is InChI=1S/C21H26FN5O3S/c1-14-5-6-15(2)16(9-14)10-21-24-20(12-28)25-27(21)19-8-7-17(11-18(19)22)31(29,30)23-13-26(3)4/h5-9,11,23,28H,10,12-13H2,1-4H3. The van der Waals surface area contributed by atoms with E-state index >= 15 is 0 Å². The summed E-state index contributed by atoms with van der Waals surface area (Å²) >= 11 is 0. The van der Waals surface area contributed by atoms with Gasteiger partial charge < -0.3 is 5.11 Å². The molecular weight excluding hydrogens is 421 g/mol. The van der Waals surface area contributed by atoms with Crippen LogP contribution < -0.4 is 4.72 Å².